The van der Waals surface area contributed by atoms with Crippen LogP contribution >= 0.6 is 0 Å². The predicted octanol–water partition coefficient (Wildman–Crippen LogP) is 4.34. The zero-order chi connectivity index (χ0) is 29.9. The number of rotatable bonds is 10. The van der Waals surface area contributed by atoms with Gasteiger partial charge in [-0.15, -0.1) is 0 Å². The van der Waals surface area contributed by atoms with Gasteiger partial charge in [0.25, 0.3) is 0 Å². The summed E-state index contributed by atoms with van der Waals surface area (Å²) in [5.74, 6) is 0.328. The molecular formula is C31H30FN7O4. The lowest BCUT2D eigenvalue weighted by atomic mass is 10.1. The lowest BCUT2D eigenvalue weighted by Gasteiger charge is -2.30. The number of ether oxygens (including phenoxy) is 2. The molecule has 2 aromatic carbocycles. The van der Waals surface area contributed by atoms with Crippen molar-refractivity contribution in [1.29, 1.82) is 5.26 Å². The predicted molar refractivity (Wildman–Crippen MR) is 156 cm³/mol. The van der Waals surface area contributed by atoms with Crippen molar-refractivity contribution in [3.05, 3.63) is 82.4 Å². The molecule has 0 saturated carbocycles. The molecule has 0 amide bonds. The Bertz CT molecular complexity index is 1740. The highest BCUT2D eigenvalue weighted by atomic mass is 19.1. The molecule has 12 heteroatoms. The van der Waals surface area contributed by atoms with Gasteiger partial charge < -0.3 is 24.0 Å². The molecule has 0 spiro atoms. The molecule has 11 nitrogen and oxygen atoms in total. The zero-order valence-electron chi connectivity index (χ0n) is 23.6. The van der Waals surface area contributed by atoms with Crippen molar-refractivity contribution in [1.82, 2.24) is 19.5 Å². The van der Waals surface area contributed by atoms with Gasteiger partial charge in [0.2, 0.25) is 5.88 Å². The average molecular weight is 584 g/mol. The molecule has 43 heavy (non-hydrogen) atoms. The third-order valence-electron chi connectivity index (χ3n) is 7.66. The quantitative estimate of drug-likeness (QED) is 0.290. The number of hydrogen-bond acceptors (Lipinski definition) is 9. The Hall–Kier alpha value is -5.02. The lowest BCUT2D eigenvalue weighted by molar-refractivity contribution is -0.0592. The maximum atomic E-state index is 14.2. The van der Waals surface area contributed by atoms with Crippen LogP contribution in [0.25, 0.3) is 11.0 Å². The summed E-state index contributed by atoms with van der Waals surface area (Å²) in [5.41, 5.74) is 3.34. The number of carbonyl (C=O) groups is 1. The van der Waals surface area contributed by atoms with Crippen molar-refractivity contribution in [3.8, 4) is 11.9 Å². The van der Waals surface area contributed by atoms with Gasteiger partial charge in [0.1, 0.15) is 30.4 Å². The normalized spacial score (nSPS) is 16.3. The van der Waals surface area contributed by atoms with E-state index in [-0.39, 0.29) is 23.8 Å². The zero-order valence-corrected chi connectivity index (χ0v) is 23.6. The molecule has 1 N–H and O–H groups in total. The number of nitrogens with zero attached hydrogens (tertiary/aromatic N) is 7. The number of aryl methyl sites for hydroxylation is 1. The van der Waals surface area contributed by atoms with Gasteiger partial charge in [-0.3, -0.25) is 5.01 Å². The average Bonchev–Trinajstić information content (AvgIpc) is 3.34. The third kappa shape index (κ3) is 5.98. The number of halogens is 1. The first-order chi connectivity index (χ1) is 20.9. The Morgan fingerprint density at radius 2 is 2.05 bits per heavy atom. The number of pyridine rings is 1. The molecule has 1 fully saturated rings. The van der Waals surface area contributed by atoms with E-state index < -0.39 is 11.8 Å². The monoisotopic (exact) mass is 583 g/mol. The molecule has 4 heterocycles. The van der Waals surface area contributed by atoms with Crippen LogP contribution in [0.1, 0.15) is 46.2 Å². The molecular weight excluding hydrogens is 553 g/mol. The van der Waals surface area contributed by atoms with Gasteiger partial charge in [-0.25, -0.2) is 14.2 Å². The van der Waals surface area contributed by atoms with Gasteiger partial charge in [0.15, 0.2) is 0 Å². The van der Waals surface area contributed by atoms with Crippen LogP contribution in [0, 0.1) is 17.1 Å². The molecule has 0 radical (unpaired) electrons. The molecule has 4 aromatic rings. The minimum Gasteiger partial charge on any atom is -0.478 e. The number of aromatic nitrogens is 3. The molecule has 2 aliphatic heterocycles. The number of fused-ring (bicyclic) bond motifs is 1. The van der Waals surface area contributed by atoms with Gasteiger partial charge in [-0.2, -0.15) is 15.3 Å². The largest absolute Gasteiger partial charge is 0.478 e. The fourth-order valence-electron chi connectivity index (χ4n) is 5.15. The fraction of sp³-hybridized carbons (Fsp3) is 0.323. The standard InChI is InChI=1S/C31H30FN7O4/c1-2-21-13-23(31(40)41)14-26-30(21)36-28(39(26)16-24-8-11-42-24)17-38-10-9-37(19-34-38)27-4-3-5-29(35-27)43-18-22-7-6-20(15-33)12-25(22)32/h3-7,12-14,19,24H,2,8-11,16-18H2,1H3,(H,40,41)/t24-/m0/s1. The van der Waals surface area contributed by atoms with Crippen molar-refractivity contribution < 1.29 is 23.8 Å². The number of hydrogen-bond donors (Lipinski definition) is 1. The number of benzene rings is 2. The van der Waals surface area contributed by atoms with E-state index in [1.807, 2.05) is 35.0 Å². The summed E-state index contributed by atoms with van der Waals surface area (Å²) < 4.78 is 27.8. The summed E-state index contributed by atoms with van der Waals surface area (Å²) in [6.07, 6.45) is 3.40. The number of anilines is 1. The number of nitriles is 1. The van der Waals surface area contributed by atoms with E-state index in [4.69, 9.17) is 19.7 Å². The first kappa shape index (κ1) is 28.1. The van der Waals surface area contributed by atoms with Crippen molar-refractivity contribution in [3.63, 3.8) is 0 Å². The molecule has 2 aromatic heterocycles. The van der Waals surface area contributed by atoms with Gasteiger partial charge in [-0.1, -0.05) is 19.1 Å². The van der Waals surface area contributed by atoms with E-state index in [9.17, 15) is 14.3 Å². The van der Waals surface area contributed by atoms with Crippen LogP contribution in [0.15, 0.2) is 53.6 Å². The highest BCUT2D eigenvalue weighted by Gasteiger charge is 2.25. The molecule has 0 bridgehead atoms. The summed E-state index contributed by atoms with van der Waals surface area (Å²) in [6.45, 7) is 4.97. The molecule has 2 aliphatic rings. The summed E-state index contributed by atoms with van der Waals surface area (Å²) >= 11 is 0. The first-order valence-electron chi connectivity index (χ1n) is 14.1. The highest BCUT2D eigenvalue weighted by molar-refractivity contribution is 5.94. The second-order valence-electron chi connectivity index (χ2n) is 10.4. The minimum atomic E-state index is -0.962. The van der Waals surface area contributed by atoms with Crippen LogP contribution in [0.5, 0.6) is 5.88 Å². The lowest BCUT2D eigenvalue weighted by Crippen LogP contribution is -2.38. The maximum Gasteiger partial charge on any atom is 0.335 e. The van der Waals surface area contributed by atoms with Crippen LogP contribution in [-0.4, -0.2) is 62.8 Å². The third-order valence-corrected chi connectivity index (χ3v) is 7.66. The first-order valence-corrected chi connectivity index (χ1v) is 14.1. The molecule has 1 saturated heterocycles. The number of hydrazone groups is 1. The van der Waals surface area contributed by atoms with Crippen LogP contribution < -0.4 is 9.64 Å². The van der Waals surface area contributed by atoms with Crippen molar-refractivity contribution in [2.75, 3.05) is 24.6 Å². The van der Waals surface area contributed by atoms with Crippen LogP contribution in [0.2, 0.25) is 0 Å². The van der Waals surface area contributed by atoms with Crippen molar-refractivity contribution in [2.24, 2.45) is 5.10 Å². The Labute approximate surface area is 247 Å². The van der Waals surface area contributed by atoms with Gasteiger partial charge in [0, 0.05) is 24.8 Å². The molecule has 6 rings (SSSR count). The molecule has 1 atom stereocenters. The van der Waals surface area contributed by atoms with Crippen LogP contribution in [0.4, 0.5) is 10.2 Å². The Balaban J connectivity index is 1.17. The van der Waals surface area contributed by atoms with Crippen molar-refractivity contribution in [2.45, 2.75) is 45.6 Å². The summed E-state index contributed by atoms with van der Waals surface area (Å²) in [6, 6.07) is 15.0. The van der Waals surface area contributed by atoms with E-state index in [0.29, 0.717) is 49.9 Å². The Kier molecular flexibility index (Phi) is 7.89. The van der Waals surface area contributed by atoms with Crippen LogP contribution in [-0.2, 0) is 30.9 Å². The summed E-state index contributed by atoms with van der Waals surface area (Å²) in [5, 5.41) is 25.2. The molecule has 0 unspecified atom stereocenters. The Morgan fingerprint density at radius 3 is 2.72 bits per heavy atom. The summed E-state index contributed by atoms with van der Waals surface area (Å²) in [7, 11) is 0. The van der Waals surface area contributed by atoms with E-state index >= 15 is 0 Å². The Morgan fingerprint density at radius 1 is 1.19 bits per heavy atom. The van der Waals surface area contributed by atoms with E-state index in [1.165, 1.54) is 12.1 Å². The number of imidazole rings is 1. The van der Waals surface area contributed by atoms with E-state index in [2.05, 4.69) is 14.7 Å². The molecule has 0 aliphatic carbocycles. The fourth-order valence-corrected chi connectivity index (χ4v) is 5.15. The number of aromatic carboxylic acids is 1. The number of carboxylic acid groups (broad SMARTS) is 1. The van der Waals surface area contributed by atoms with E-state index in [0.717, 1.165) is 35.4 Å². The number of carboxylic acids is 1. The SMILES string of the molecule is CCc1cc(C(=O)O)cc2c1nc(CN1CCN(c3cccc(OCc4ccc(C#N)cc4F)n3)C=N1)n2C[C@@H]1CCO1. The van der Waals surface area contributed by atoms with Crippen LogP contribution in [0.3, 0.4) is 0 Å². The minimum absolute atomic E-state index is 0.0174. The second kappa shape index (κ2) is 12.1. The van der Waals surface area contributed by atoms with E-state index in [1.54, 1.807) is 30.6 Å². The summed E-state index contributed by atoms with van der Waals surface area (Å²) in [4.78, 5) is 23.2. The van der Waals surface area contributed by atoms with Gasteiger partial charge >= 0.3 is 5.97 Å². The van der Waals surface area contributed by atoms with Gasteiger partial charge in [0.05, 0.1) is 54.0 Å². The second-order valence-corrected chi connectivity index (χ2v) is 10.4. The maximum absolute atomic E-state index is 14.2. The molecule has 220 valence electrons. The van der Waals surface area contributed by atoms with Crippen molar-refractivity contribution >= 4 is 29.2 Å². The highest BCUT2D eigenvalue weighted by Crippen LogP contribution is 2.27. The van der Waals surface area contributed by atoms with Gasteiger partial charge in [-0.05, 0) is 48.7 Å². The smallest absolute Gasteiger partial charge is 0.335 e. The topological polar surface area (TPSA) is 129 Å².